The van der Waals surface area contributed by atoms with Gasteiger partial charge >= 0.3 is 0 Å². The molecule has 5 heteroatoms. The smallest absolute Gasteiger partial charge is 0.155 e. The maximum absolute atomic E-state index is 6.47. The first-order valence-corrected chi connectivity index (χ1v) is 12.3. The fourth-order valence-corrected chi connectivity index (χ4v) is 4.03. The molecule has 0 aliphatic rings. The number of nitrogens with zero attached hydrogens (tertiary/aromatic N) is 2. The molecule has 1 atom stereocenters. The molecule has 0 N–H and O–H groups in total. The lowest BCUT2D eigenvalue weighted by Gasteiger charge is -2.35. The number of likely N-dealkylation sites (N-methyl/N-ethyl adjacent to an activating group) is 2. The van der Waals surface area contributed by atoms with E-state index >= 15 is 0 Å². The molecule has 1 unspecified atom stereocenters. The number of hydrogen-bond donors (Lipinski definition) is 0. The highest BCUT2D eigenvalue weighted by atomic mass is 35.5. The standard InChI is InChI=1S/C25H56N2O.2ClH/c1-9-10-11-12-13-14-15-16-17-18-19-20-21-24(2)28-25(22-26(3,4)5)23-27(6,7)8;;/h24-25H,9-23H2,1-8H3;2*1H/q+2;;/p-2. The summed E-state index contributed by atoms with van der Waals surface area (Å²) in [4.78, 5) is 0. The number of unbranched alkanes of at least 4 members (excludes halogenated alkanes) is 11. The van der Waals surface area contributed by atoms with Crippen molar-refractivity contribution in [2.24, 2.45) is 0 Å². The molecule has 0 fully saturated rings. The molecule has 0 bridgehead atoms. The van der Waals surface area contributed by atoms with E-state index < -0.39 is 0 Å². The topological polar surface area (TPSA) is 9.23 Å². The van der Waals surface area contributed by atoms with Crippen molar-refractivity contribution in [3.8, 4) is 0 Å². The van der Waals surface area contributed by atoms with Gasteiger partial charge in [-0.3, -0.25) is 0 Å². The Morgan fingerprint density at radius 3 is 1.23 bits per heavy atom. The molecule has 0 spiro atoms. The summed E-state index contributed by atoms with van der Waals surface area (Å²) in [7, 11) is 13.6. The van der Waals surface area contributed by atoms with Crippen LogP contribution in [0.5, 0.6) is 0 Å². The van der Waals surface area contributed by atoms with Gasteiger partial charge in [0.1, 0.15) is 13.1 Å². The van der Waals surface area contributed by atoms with E-state index in [2.05, 4.69) is 56.1 Å². The van der Waals surface area contributed by atoms with Gasteiger partial charge in [-0.05, 0) is 13.3 Å². The number of halogens is 2. The molecular weight excluding hydrogens is 415 g/mol. The predicted octanol–water partition coefficient (Wildman–Crippen LogP) is 0.272. The van der Waals surface area contributed by atoms with Gasteiger partial charge in [-0.15, -0.1) is 0 Å². The molecule has 0 saturated heterocycles. The first kappa shape index (κ1) is 35.1. The average Bonchev–Trinajstić information content (AvgIpc) is 2.52. The molecule has 0 aromatic heterocycles. The van der Waals surface area contributed by atoms with E-state index in [1.54, 1.807) is 0 Å². The lowest BCUT2D eigenvalue weighted by Crippen LogP contribution is -3.00. The lowest BCUT2D eigenvalue weighted by molar-refractivity contribution is -0.896. The molecule has 30 heavy (non-hydrogen) atoms. The van der Waals surface area contributed by atoms with E-state index in [1.807, 2.05) is 0 Å². The predicted molar refractivity (Wildman–Crippen MR) is 126 cm³/mol. The normalized spacial score (nSPS) is 13.1. The molecule has 0 rings (SSSR count). The van der Waals surface area contributed by atoms with E-state index in [9.17, 15) is 0 Å². The monoisotopic (exact) mass is 470 g/mol. The second-order valence-electron chi connectivity index (χ2n) is 11.2. The minimum absolute atomic E-state index is 0. The number of rotatable bonds is 19. The molecule has 0 aliphatic heterocycles. The third kappa shape index (κ3) is 26.5. The van der Waals surface area contributed by atoms with Crippen molar-refractivity contribution < 1.29 is 38.5 Å². The average molecular weight is 472 g/mol. The first-order valence-electron chi connectivity index (χ1n) is 12.3. The number of quaternary nitrogens is 2. The second kappa shape index (κ2) is 20.1. The Bertz CT molecular complexity index is 338. The van der Waals surface area contributed by atoms with E-state index in [1.165, 1.54) is 83.5 Å². The van der Waals surface area contributed by atoms with Crippen LogP contribution in [0.2, 0.25) is 0 Å². The summed E-state index contributed by atoms with van der Waals surface area (Å²) in [6, 6.07) is 0. The summed E-state index contributed by atoms with van der Waals surface area (Å²) in [6.45, 7) is 6.73. The number of ether oxygens (including phenoxy) is 1. The second-order valence-corrected chi connectivity index (χ2v) is 11.2. The molecule has 0 amide bonds. The summed E-state index contributed by atoms with van der Waals surface area (Å²) in [5.74, 6) is 0. The minimum atomic E-state index is 0. The van der Waals surface area contributed by atoms with Crippen molar-refractivity contribution in [2.45, 2.75) is 110 Å². The van der Waals surface area contributed by atoms with E-state index in [0.717, 1.165) is 22.1 Å². The Kier molecular flexibility index (Phi) is 23.5. The van der Waals surface area contributed by atoms with Crippen LogP contribution in [0, 0.1) is 0 Å². The lowest BCUT2D eigenvalue weighted by atomic mass is 10.0. The molecule has 0 aromatic carbocycles. The van der Waals surface area contributed by atoms with Gasteiger partial charge in [0.2, 0.25) is 0 Å². The van der Waals surface area contributed by atoms with Gasteiger partial charge in [-0.2, -0.15) is 0 Å². The molecule has 0 aliphatic carbocycles. The van der Waals surface area contributed by atoms with Crippen LogP contribution in [-0.4, -0.2) is 76.5 Å². The van der Waals surface area contributed by atoms with Gasteiger partial charge in [-0.25, -0.2) is 0 Å². The van der Waals surface area contributed by atoms with E-state index in [4.69, 9.17) is 4.74 Å². The van der Waals surface area contributed by atoms with Crippen LogP contribution in [0.3, 0.4) is 0 Å². The van der Waals surface area contributed by atoms with Gasteiger partial charge in [0, 0.05) is 0 Å². The third-order valence-electron chi connectivity index (χ3n) is 5.39. The summed E-state index contributed by atoms with van der Waals surface area (Å²) >= 11 is 0. The fourth-order valence-electron chi connectivity index (χ4n) is 4.03. The highest BCUT2D eigenvalue weighted by molar-refractivity contribution is 4.61. The van der Waals surface area contributed by atoms with Crippen LogP contribution >= 0.6 is 0 Å². The summed E-state index contributed by atoms with van der Waals surface area (Å²) < 4.78 is 8.41. The Hall–Kier alpha value is 0.460. The van der Waals surface area contributed by atoms with Gasteiger partial charge < -0.3 is 38.5 Å². The maximum atomic E-state index is 6.47. The molecule has 186 valence electrons. The molecule has 0 aromatic rings. The highest BCUT2D eigenvalue weighted by Gasteiger charge is 2.26. The summed E-state index contributed by atoms with van der Waals surface area (Å²) in [5, 5.41) is 0. The van der Waals surface area contributed by atoms with Crippen molar-refractivity contribution in [3.05, 3.63) is 0 Å². The third-order valence-corrected chi connectivity index (χ3v) is 5.39. The molecule has 0 heterocycles. The maximum Gasteiger partial charge on any atom is 0.155 e. The Morgan fingerprint density at radius 1 is 0.567 bits per heavy atom. The fraction of sp³-hybridized carbons (Fsp3) is 1.00. The zero-order valence-electron chi connectivity index (χ0n) is 21.8. The van der Waals surface area contributed by atoms with Gasteiger partial charge in [0.05, 0.1) is 48.4 Å². The first-order chi connectivity index (χ1) is 13.0. The zero-order valence-corrected chi connectivity index (χ0v) is 23.3. The Morgan fingerprint density at radius 2 is 0.900 bits per heavy atom. The van der Waals surface area contributed by atoms with Crippen molar-refractivity contribution >= 4 is 0 Å². The Balaban J connectivity index is -0.00000364. The van der Waals surface area contributed by atoms with Gasteiger partial charge in [0.15, 0.2) is 6.10 Å². The van der Waals surface area contributed by atoms with Crippen molar-refractivity contribution in [1.29, 1.82) is 0 Å². The van der Waals surface area contributed by atoms with Crippen LogP contribution in [0.15, 0.2) is 0 Å². The van der Waals surface area contributed by atoms with Crippen LogP contribution < -0.4 is 24.8 Å². The van der Waals surface area contributed by atoms with Crippen LogP contribution in [0.4, 0.5) is 0 Å². The van der Waals surface area contributed by atoms with E-state index in [-0.39, 0.29) is 24.8 Å². The minimum Gasteiger partial charge on any atom is -1.00 e. The van der Waals surface area contributed by atoms with Gasteiger partial charge in [0.25, 0.3) is 0 Å². The summed E-state index contributed by atoms with van der Waals surface area (Å²) in [5.41, 5.74) is 0. The van der Waals surface area contributed by atoms with Crippen molar-refractivity contribution in [1.82, 2.24) is 0 Å². The molecule has 0 radical (unpaired) electrons. The van der Waals surface area contributed by atoms with Crippen molar-refractivity contribution in [2.75, 3.05) is 55.4 Å². The largest absolute Gasteiger partial charge is 1.00 e. The van der Waals surface area contributed by atoms with Crippen LogP contribution in [0.1, 0.15) is 97.3 Å². The zero-order chi connectivity index (χ0) is 21.5. The summed E-state index contributed by atoms with van der Waals surface area (Å²) in [6.07, 6.45) is 18.9. The quantitative estimate of drug-likeness (QED) is 0.194. The SMILES string of the molecule is CCCCCCCCCCCCCCC(C)OC(C[N+](C)(C)C)C[N+](C)(C)C.[Cl-].[Cl-]. The molecule has 3 nitrogen and oxygen atoms in total. The highest BCUT2D eigenvalue weighted by Crippen LogP contribution is 2.15. The van der Waals surface area contributed by atoms with Crippen LogP contribution in [-0.2, 0) is 4.74 Å². The number of hydrogen-bond acceptors (Lipinski definition) is 1. The van der Waals surface area contributed by atoms with Crippen LogP contribution in [0.25, 0.3) is 0 Å². The molecular formula is C25H56Cl2N2O. The van der Waals surface area contributed by atoms with E-state index in [0.29, 0.717) is 12.2 Å². The Labute approximate surface area is 203 Å². The van der Waals surface area contributed by atoms with Gasteiger partial charge in [-0.1, -0.05) is 84.0 Å². The molecule has 0 saturated carbocycles. The van der Waals surface area contributed by atoms with Crippen molar-refractivity contribution in [3.63, 3.8) is 0 Å².